The molecule has 1 aliphatic carbocycles. The lowest BCUT2D eigenvalue weighted by Gasteiger charge is -2.11. The quantitative estimate of drug-likeness (QED) is 0.819. The number of aryl methyl sites for hydroxylation is 1. The molecule has 0 amide bonds. The van der Waals surface area contributed by atoms with Crippen LogP contribution in [0.15, 0.2) is 24.3 Å². The van der Waals surface area contributed by atoms with Crippen LogP contribution >= 0.6 is 0 Å². The van der Waals surface area contributed by atoms with Crippen LogP contribution in [0.2, 0.25) is 0 Å². The van der Waals surface area contributed by atoms with E-state index in [9.17, 15) is 9.59 Å². The summed E-state index contributed by atoms with van der Waals surface area (Å²) in [7, 11) is 0. The number of Topliss-reactive ketones (excluding diaryl/α,β-unsaturated/α-hetero) is 1. The third kappa shape index (κ3) is 3.41. The molecule has 0 spiro atoms. The average Bonchev–Trinajstić information content (AvgIpc) is 2.79. The lowest BCUT2D eigenvalue weighted by Crippen LogP contribution is -2.30. The standard InChI is InChI=1S/C15H19NO3/c16-14(15(18)19)8-7-12(17)9-11-6-5-10-3-1-2-4-13(10)11/h1-4,11,14H,5-9,16H2,(H,18,19)/t11-,14-/m0/s1. The molecule has 19 heavy (non-hydrogen) atoms. The smallest absolute Gasteiger partial charge is 0.320 e. The molecular formula is C15H19NO3. The number of ketones is 1. The van der Waals surface area contributed by atoms with Gasteiger partial charge >= 0.3 is 5.97 Å². The molecule has 2 rings (SSSR count). The second-order valence-electron chi connectivity index (χ2n) is 5.16. The van der Waals surface area contributed by atoms with Gasteiger partial charge in [-0.25, -0.2) is 0 Å². The third-order valence-corrected chi connectivity index (χ3v) is 3.78. The molecular weight excluding hydrogens is 242 g/mol. The lowest BCUT2D eigenvalue weighted by atomic mass is 9.93. The highest BCUT2D eigenvalue weighted by Crippen LogP contribution is 2.35. The summed E-state index contributed by atoms with van der Waals surface area (Å²) < 4.78 is 0. The minimum absolute atomic E-state index is 0.110. The van der Waals surface area contributed by atoms with Crippen LogP contribution in [0, 0.1) is 0 Å². The van der Waals surface area contributed by atoms with Crippen molar-refractivity contribution in [3.63, 3.8) is 0 Å². The predicted octanol–water partition coefficient (Wildman–Crippen LogP) is 1.87. The number of hydrogen-bond donors (Lipinski definition) is 2. The summed E-state index contributed by atoms with van der Waals surface area (Å²) in [6.07, 6.45) is 3.02. The monoisotopic (exact) mass is 261 g/mol. The number of carboxylic acid groups (broad SMARTS) is 1. The molecule has 1 aromatic rings. The van der Waals surface area contributed by atoms with Crippen LogP contribution < -0.4 is 5.73 Å². The van der Waals surface area contributed by atoms with Crippen molar-refractivity contribution in [1.82, 2.24) is 0 Å². The zero-order chi connectivity index (χ0) is 13.8. The molecule has 0 unspecified atom stereocenters. The van der Waals surface area contributed by atoms with E-state index in [4.69, 9.17) is 10.8 Å². The molecule has 3 N–H and O–H groups in total. The van der Waals surface area contributed by atoms with Gasteiger partial charge in [0.15, 0.2) is 0 Å². The van der Waals surface area contributed by atoms with Crippen LogP contribution in [0.1, 0.15) is 42.7 Å². The Morgan fingerprint density at radius 2 is 2.11 bits per heavy atom. The van der Waals surface area contributed by atoms with Gasteiger partial charge in [-0.15, -0.1) is 0 Å². The molecule has 0 saturated heterocycles. The van der Waals surface area contributed by atoms with Gasteiger partial charge in [0.1, 0.15) is 11.8 Å². The van der Waals surface area contributed by atoms with E-state index in [1.165, 1.54) is 11.1 Å². The van der Waals surface area contributed by atoms with Gasteiger partial charge < -0.3 is 10.8 Å². The molecule has 0 aromatic heterocycles. The maximum absolute atomic E-state index is 11.9. The molecule has 4 heteroatoms. The van der Waals surface area contributed by atoms with Crippen LogP contribution in [0.5, 0.6) is 0 Å². The van der Waals surface area contributed by atoms with Gasteiger partial charge in [-0.05, 0) is 36.3 Å². The fourth-order valence-electron chi connectivity index (χ4n) is 2.67. The van der Waals surface area contributed by atoms with Crippen molar-refractivity contribution in [3.05, 3.63) is 35.4 Å². The van der Waals surface area contributed by atoms with Crippen molar-refractivity contribution in [1.29, 1.82) is 0 Å². The first-order valence-electron chi connectivity index (χ1n) is 6.66. The van der Waals surface area contributed by atoms with Gasteiger partial charge in [0.2, 0.25) is 0 Å². The van der Waals surface area contributed by atoms with E-state index >= 15 is 0 Å². The largest absolute Gasteiger partial charge is 0.480 e. The number of rotatable bonds is 6. The van der Waals surface area contributed by atoms with Gasteiger partial charge in [0.25, 0.3) is 0 Å². The van der Waals surface area contributed by atoms with Crippen LogP contribution in [-0.4, -0.2) is 22.9 Å². The fourth-order valence-corrected chi connectivity index (χ4v) is 2.67. The Bertz CT molecular complexity index is 484. The highest BCUT2D eigenvalue weighted by molar-refractivity contribution is 5.81. The molecule has 0 aliphatic heterocycles. The first-order chi connectivity index (χ1) is 9.08. The molecule has 0 heterocycles. The summed E-state index contributed by atoms with van der Waals surface area (Å²) in [5, 5.41) is 8.67. The maximum atomic E-state index is 11.9. The summed E-state index contributed by atoms with van der Waals surface area (Å²) in [6.45, 7) is 0. The lowest BCUT2D eigenvalue weighted by molar-refractivity contribution is -0.138. The number of aliphatic carboxylic acids is 1. The highest BCUT2D eigenvalue weighted by atomic mass is 16.4. The number of hydrogen-bond acceptors (Lipinski definition) is 3. The van der Waals surface area contributed by atoms with Crippen LogP contribution in [-0.2, 0) is 16.0 Å². The Morgan fingerprint density at radius 3 is 2.84 bits per heavy atom. The average molecular weight is 261 g/mol. The van der Waals surface area contributed by atoms with Gasteiger partial charge in [-0.1, -0.05) is 24.3 Å². The number of carbonyl (C=O) groups excluding carboxylic acids is 1. The SMILES string of the molecule is N[C@@H](CCC(=O)C[C@@H]1CCc2ccccc21)C(=O)O. The van der Waals surface area contributed by atoms with E-state index in [2.05, 4.69) is 12.1 Å². The molecule has 4 nitrogen and oxygen atoms in total. The summed E-state index contributed by atoms with van der Waals surface area (Å²) in [6, 6.07) is 7.29. The zero-order valence-electron chi connectivity index (χ0n) is 10.8. The van der Waals surface area contributed by atoms with Crippen LogP contribution in [0.3, 0.4) is 0 Å². The molecule has 0 saturated carbocycles. The summed E-state index contributed by atoms with van der Waals surface area (Å²) in [5.41, 5.74) is 8.01. The second kappa shape index (κ2) is 5.97. The topological polar surface area (TPSA) is 80.4 Å². The van der Waals surface area contributed by atoms with Gasteiger partial charge in [0.05, 0.1) is 0 Å². The Morgan fingerprint density at radius 1 is 1.37 bits per heavy atom. The van der Waals surface area contributed by atoms with Crippen LogP contribution in [0.4, 0.5) is 0 Å². The predicted molar refractivity (Wildman–Crippen MR) is 72.0 cm³/mol. The molecule has 1 aliphatic rings. The number of nitrogens with two attached hydrogens (primary N) is 1. The van der Waals surface area contributed by atoms with Crippen molar-refractivity contribution < 1.29 is 14.7 Å². The van der Waals surface area contributed by atoms with Gasteiger partial charge in [0, 0.05) is 12.8 Å². The Kier molecular flexibility index (Phi) is 4.32. The van der Waals surface area contributed by atoms with Crippen LogP contribution in [0.25, 0.3) is 0 Å². The van der Waals surface area contributed by atoms with Crippen molar-refractivity contribution in [2.24, 2.45) is 5.73 Å². The van der Waals surface area contributed by atoms with Gasteiger partial charge in [-0.3, -0.25) is 9.59 Å². The number of carboxylic acids is 1. The summed E-state index contributed by atoms with van der Waals surface area (Å²) in [4.78, 5) is 22.5. The van der Waals surface area contributed by atoms with Gasteiger partial charge in [-0.2, -0.15) is 0 Å². The number of carbonyl (C=O) groups is 2. The molecule has 0 radical (unpaired) electrons. The summed E-state index contributed by atoms with van der Waals surface area (Å²) >= 11 is 0. The van der Waals surface area contributed by atoms with E-state index < -0.39 is 12.0 Å². The highest BCUT2D eigenvalue weighted by Gasteiger charge is 2.24. The summed E-state index contributed by atoms with van der Waals surface area (Å²) in [5.74, 6) is -0.637. The van der Waals surface area contributed by atoms with E-state index in [0.29, 0.717) is 12.3 Å². The minimum Gasteiger partial charge on any atom is -0.480 e. The molecule has 0 bridgehead atoms. The Labute approximate surface area is 112 Å². The molecule has 102 valence electrons. The van der Waals surface area contributed by atoms with E-state index in [1.807, 2.05) is 12.1 Å². The first-order valence-corrected chi connectivity index (χ1v) is 6.66. The minimum atomic E-state index is -1.04. The molecule has 1 aromatic carbocycles. The van der Waals surface area contributed by atoms with E-state index in [1.54, 1.807) is 0 Å². The van der Waals surface area contributed by atoms with Crippen molar-refractivity contribution >= 4 is 11.8 Å². The third-order valence-electron chi connectivity index (χ3n) is 3.78. The first kappa shape index (κ1) is 13.7. The Hall–Kier alpha value is -1.68. The number of benzene rings is 1. The maximum Gasteiger partial charge on any atom is 0.320 e. The second-order valence-corrected chi connectivity index (χ2v) is 5.16. The van der Waals surface area contributed by atoms with Crippen molar-refractivity contribution in [2.75, 3.05) is 0 Å². The normalized spacial score (nSPS) is 18.9. The van der Waals surface area contributed by atoms with Crippen molar-refractivity contribution in [3.8, 4) is 0 Å². The van der Waals surface area contributed by atoms with Crippen molar-refractivity contribution in [2.45, 2.75) is 44.1 Å². The number of fused-ring (bicyclic) bond motifs is 1. The molecule has 2 atom stereocenters. The fraction of sp³-hybridized carbons (Fsp3) is 0.467. The van der Waals surface area contributed by atoms with E-state index in [-0.39, 0.29) is 18.6 Å². The zero-order valence-corrected chi connectivity index (χ0v) is 10.8. The Balaban J connectivity index is 1.86. The molecule has 0 fully saturated rings. The van der Waals surface area contributed by atoms with E-state index in [0.717, 1.165) is 12.8 Å².